The third kappa shape index (κ3) is 6.38. The van der Waals surface area contributed by atoms with Gasteiger partial charge in [-0.2, -0.15) is 0 Å². The summed E-state index contributed by atoms with van der Waals surface area (Å²) in [5.41, 5.74) is 1.75. The van der Waals surface area contributed by atoms with Crippen LogP contribution in [0.25, 0.3) is 0 Å². The third-order valence-corrected chi connectivity index (χ3v) is 9.52. The Labute approximate surface area is 220 Å². The van der Waals surface area contributed by atoms with Crippen molar-refractivity contribution in [2.24, 2.45) is 0 Å². The molecule has 2 heterocycles. The first-order valence-corrected chi connectivity index (χ1v) is 14.9. The Bertz CT molecular complexity index is 1330. The van der Waals surface area contributed by atoms with Crippen molar-refractivity contribution in [1.29, 1.82) is 0 Å². The molecule has 8 nitrogen and oxygen atoms in total. The number of nitrogens with zero attached hydrogens (tertiary/aromatic N) is 1. The van der Waals surface area contributed by atoms with Gasteiger partial charge in [0.15, 0.2) is 21.1 Å². The molecule has 0 bridgehead atoms. The molecule has 1 unspecified atom stereocenters. The van der Waals surface area contributed by atoms with E-state index in [0.717, 1.165) is 6.42 Å². The van der Waals surface area contributed by atoms with E-state index >= 15 is 0 Å². The van der Waals surface area contributed by atoms with E-state index < -0.39 is 15.9 Å². The Hall–Kier alpha value is -2.79. The Kier molecular flexibility index (Phi) is 7.89. The fourth-order valence-corrected chi connectivity index (χ4v) is 6.53. The molecule has 10 heteroatoms. The van der Waals surface area contributed by atoms with Gasteiger partial charge in [-0.1, -0.05) is 42.5 Å². The molecular weight excluding hydrogens is 512 g/mol. The topological polar surface area (TPSA) is 104 Å². The van der Waals surface area contributed by atoms with Crippen LogP contribution in [0, 0.1) is 0 Å². The summed E-state index contributed by atoms with van der Waals surface area (Å²) in [7, 11) is -3.31. The van der Waals surface area contributed by atoms with Crippen molar-refractivity contribution < 1.29 is 27.4 Å². The number of hydrogen-bond donors (Lipinski definition) is 1. The standard InChI is InChI=1S/C27H30N2O6S2/c1-2-18-4-3-5-21(16-18)34-24-17-28-27(36-24)29-26(30)25(35-20-12-14-33-15-13-20)19-6-8-22(9-7-19)37(31,32)23-10-11-23/h3-9,16-17,20,23,25H,2,10-15H2,1H3,(H,28,29,30). The summed E-state index contributed by atoms with van der Waals surface area (Å²) in [4.78, 5) is 18.0. The predicted molar refractivity (Wildman–Crippen MR) is 141 cm³/mol. The second-order valence-electron chi connectivity index (χ2n) is 9.22. The van der Waals surface area contributed by atoms with E-state index in [9.17, 15) is 13.2 Å². The zero-order valence-corrected chi connectivity index (χ0v) is 22.2. The van der Waals surface area contributed by atoms with Crippen molar-refractivity contribution in [3.63, 3.8) is 0 Å². The normalized spacial score (nSPS) is 17.3. The monoisotopic (exact) mass is 542 g/mol. The number of carbonyl (C=O) groups is 1. The highest BCUT2D eigenvalue weighted by molar-refractivity contribution is 7.92. The van der Waals surface area contributed by atoms with Gasteiger partial charge in [-0.3, -0.25) is 10.1 Å². The molecule has 0 spiro atoms. The smallest absolute Gasteiger partial charge is 0.259 e. The van der Waals surface area contributed by atoms with Gasteiger partial charge in [0.1, 0.15) is 5.75 Å². The number of carbonyl (C=O) groups excluding carboxylic acids is 1. The van der Waals surface area contributed by atoms with Crippen molar-refractivity contribution in [1.82, 2.24) is 4.98 Å². The van der Waals surface area contributed by atoms with E-state index in [2.05, 4.69) is 17.2 Å². The number of aromatic nitrogens is 1. The van der Waals surface area contributed by atoms with Gasteiger partial charge in [-0.15, -0.1) is 0 Å². The Morgan fingerprint density at radius 1 is 1.14 bits per heavy atom. The summed E-state index contributed by atoms with van der Waals surface area (Å²) in [5, 5.41) is 3.50. The fourth-order valence-electron chi connectivity index (χ4n) is 4.18. The van der Waals surface area contributed by atoms with Crippen LogP contribution in [0.5, 0.6) is 10.8 Å². The molecule has 2 aliphatic rings. The molecular formula is C27H30N2O6S2. The van der Waals surface area contributed by atoms with E-state index in [1.165, 1.54) is 16.9 Å². The molecule has 0 radical (unpaired) electrons. The third-order valence-electron chi connectivity index (χ3n) is 6.45. The first kappa shape index (κ1) is 25.8. The Balaban J connectivity index is 1.31. The summed E-state index contributed by atoms with van der Waals surface area (Å²) in [6, 6.07) is 14.3. The highest BCUT2D eigenvalue weighted by Gasteiger charge is 2.37. The summed E-state index contributed by atoms with van der Waals surface area (Å²) in [5.74, 6) is 0.334. The van der Waals surface area contributed by atoms with Crippen LogP contribution in [0.1, 0.15) is 49.8 Å². The molecule has 2 fully saturated rings. The molecule has 1 saturated heterocycles. The van der Waals surface area contributed by atoms with E-state index in [1.54, 1.807) is 30.5 Å². The molecule has 5 rings (SSSR count). The number of rotatable bonds is 10. The van der Waals surface area contributed by atoms with Crippen LogP contribution in [0.4, 0.5) is 5.13 Å². The zero-order valence-electron chi connectivity index (χ0n) is 20.6. The molecule has 2 aromatic carbocycles. The van der Waals surface area contributed by atoms with Gasteiger partial charge < -0.3 is 14.2 Å². The Morgan fingerprint density at radius 2 is 1.89 bits per heavy atom. The highest BCUT2D eigenvalue weighted by Crippen LogP contribution is 2.35. The second kappa shape index (κ2) is 11.3. The van der Waals surface area contributed by atoms with Crippen molar-refractivity contribution in [3.8, 4) is 10.8 Å². The zero-order chi connectivity index (χ0) is 25.8. The van der Waals surface area contributed by atoms with Crippen LogP contribution in [0.2, 0.25) is 0 Å². The molecule has 1 aliphatic heterocycles. The van der Waals surface area contributed by atoms with Gasteiger partial charge in [-0.25, -0.2) is 13.4 Å². The van der Waals surface area contributed by atoms with Crippen molar-refractivity contribution in [3.05, 3.63) is 65.9 Å². The van der Waals surface area contributed by atoms with Gasteiger partial charge in [-0.05, 0) is 67.5 Å². The first-order chi connectivity index (χ1) is 17.9. The predicted octanol–water partition coefficient (Wildman–Crippen LogP) is 5.31. The van der Waals surface area contributed by atoms with Crippen LogP contribution in [-0.2, 0) is 30.5 Å². The average Bonchev–Trinajstić information content (AvgIpc) is 3.70. The van der Waals surface area contributed by atoms with Gasteiger partial charge in [0.05, 0.1) is 22.4 Å². The number of hydrogen-bond acceptors (Lipinski definition) is 8. The van der Waals surface area contributed by atoms with E-state index in [1.807, 2.05) is 24.3 Å². The number of anilines is 1. The minimum absolute atomic E-state index is 0.139. The number of thiazole rings is 1. The summed E-state index contributed by atoms with van der Waals surface area (Å²) >= 11 is 1.22. The van der Waals surface area contributed by atoms with Crippen LogP contribution >= 0.6 is 11.3 Å². The maximum absolute atomic E-state index is 13.4. The Morgan fingerprint density at radius 3 is 2.59 bits per heavy atom. The van der Waals surface area contributed by atoms with Gasteiger partial charge >= 0.3 is 0 Å². The molecule has 1 N–H and O–H groups in total. The van der Waals surface area contributed by atoms with E-state index in [0.29, 0.717) is 60.4 Å². The van der Waals surface area contributed by atoms with E-state index in [-0.39, 0.29) is 22.2 Å². The van der Waals surface area contributed by atoms with E-state index in [4.69, 9.17) is 14.2 Å². The average molecular weight is 543 g/mol. The SMILES string of the molecule is CCc1cccc(Oc2cnc(NC(=O)C(OC3CCOCC3)c3ccc(S(=O)(=O)C4CC4)cc3)s2)c1. The van der Waals surface area contributed by atoms with Crippen molar-refractivity contribution in [2.75, 3.05) is 18.5 Å². The molecule has 37 heavy (non-hydrogen) atoms. The number of nitrogens with one attached hydrogen (secondary N) is 1. The maximum atomic E-state index is 13.4. The molecule has 1 atom stereocenters. The van der Waals surface area contributed by atoms with Gasteiger partial charge in [0.2, 0.25) is 5.06 Å². The largest absolute Gasteiger partial charge is 0.445 e. The first-order valence-electron chi connectivity index (χ1n) is 12.5. The minimum Gasteiger partial charge on any atom is -0.445 e. The summed E-state index contributed by atoms with van der Waals surface area (Å²) < 4.78 is 42.8. The van der Waals surface area contributed by atoms with Crippen LogP contribution in [0.15, 0.2) is 59.6 Å². The number of sulfone groups is 1. The molecule has 1 aliphatic carbocycles. The molecule has 3 aromatic rings. The maximum Gasteiger partial charge on any atom is 0.259 e. The van der Waals surface area contributed by atoms with Gasteiger partial charge in [0, 0.05) is 13.2 Å². The molecule has 196 valence electrons. The lowest BCUT2D eigenvalue weighted by Crippen LogP contribution is -2.31. The minimum atomic E-state index is -3.31. The number of amides is 1. The van der Waals surface area contributed by atoms with Crippen LogP contribution in [-0.4, -0.2) is 43.9 Å². The lowest BCUT2D eigenvalue weighted by molar-refractivity contribution is -0.136. The van der Waals surface area contributed by atoms with Gasteiger partial charge in [0.25, 0.3) is 5.91 Å². The van der Waals surface area contributed by atoms with Crippen LogP contribution < -0.4 is 10.1 Å². The number of benzene rings is 2. The molecule has 1 aromatic heterocycles. The van der Waals surface area contributed by atoms with Crippen molar-refractivity contribution in [2.45, 2.75) is 61.4 Å². The summed E-state index contributed by atoms with van der Waals surface area (Å²) in [6.45, 7) is 3.23. The quantitative estimate of drug-likeness (QED) is 0.370. The number of ether oxygens (including phenoxy) is 3. The molecule has 1 amide bonds. The fraction of sp³-hybridized carbons (Fsp3) is 0.407. The lowest BCUT2D eigenvalue weighted by atomic mass is 10.1. The summed E-state index contributed by atoms with van der Waals surface area (Å²) in [6.07, 6.45) is 4.19. The second-order valence-corrected chi connectivity index (χ2v) is 12.4. The number of aryl methyl sites for hydroxylation is 1. The van der Waals surface area contributed by atoms with Crippen molar-refractivity contribution >= 4 is 32.2 Å². The van der Waals surface area contributed by atoms with Crippen LogP contribution in [0.3, 0.4) is 0 Å². The molecule has 1 saturated carbocycles. The highest BCUT2D eigenvalue weighted by atomic mass is 32.2. The lowest BCUT2D eigenvalue weighted by Gasteiger charge is -2.27.